The molecule has 1 aliphatic heterocycles. The van der Waals surface area contributed by atoms with Gasteiger partial charge in [-0.3, -0.25) is 4.99 Å². The molecule has 1 rings (SSSR count). The minimum absolute atomic E-state index is 0. The molecule has 1 unspecified atom stereocenters. The molecule has 21 heavy (non-hydrogen) atoms. The smallest absolute Gasteiger partial charge is 0.191 e. The van der Waals surface area contributed by atoms with Gasteiger partial charge in [0.25, 0.3) is 0 Å². The summed E-state index contributed by atoms with van der Waals surface area (Å²) < 4.78 is 0. The molecular formula is C16H35IN4. The van der Waals surface area contributed by atoms with E-state index < -0.39 is 0 Å². The Morgan fingerprint density at radius 1 is 1.19 bits per heavy atom. The zero-order valence-electron chi connectivity index (χ0n) is 14.2. The number of piperidine rings is 1. The van der Waals surface area contributed by atoms with E-state index in [1.165, 1.54) is 45.2 Å². The quantitative estimate of drug-likeness (QED) is 0.279. The summed E-state index contributed by atoms with van der Waals surface area (Å²) in [5.74, 6) is 0.979. The summed E-state index contributed by atoms with van der Waals surface area (Å²) in [5.41, 5.74) is 0. The number of unbranched alkanes of at least 4 members (excludes halogenated alkanes) is 1. The molecule has 0 bridgehead atoms. The molecule has 4 nitrogen and oxygen atoms in total. The van der Waals surface area contributed by atoms with E-state index in [1.54, 1.807) is 0 Å². The van der Waals surface area contributed by atoms with Crippen LogP contribution in [0, 0.1) is 0 Å². The molecule has 2 N–H and O–H groups in total. The lowest BCUT2D eigenvalue weighted by Gasteiger charge is -2.33. The van der Waals surface area contributed by atoms with Gasteiger partial charge in [0.1, 0.15) is 0 Å². The molecule has 0 aromatic heterocycles. The third-order valence-electron chi connectivity index (χ3n) is 3.98. The highest BCUT2D eigenvalue weighted by atomic mass is 127. The molecule has 126 valence electrons. The maximum absolute atomic E-state index is 4.66. The Bertz CT molecular complexity index is 271. The number of hydrogen-bond donors (Lipinski definition) is 2. The van der Waals surface area contributed by atoms with Crippen molar-refractivity contribution in [3.05, 3.63) is 0 Å². The Labute approximate surface area is 148 Å². The molecule has 1 atom stereocenters. The summed E-state index contributed by atoms with van der Waals surface area (Å²) >= 11 is 0. The van der Waals surface area contributed by atoms with Gasteiger partial charge in [0.2, 0.25) is 0 Å². The second-order valence-electron chi connectivity index (χ2n) is 5.78. The van der Waals surface area contributed by atoms with Crippen LogP contribution in [0.2, 0.25) is 0 Å². The molecular weight excluding hydrogens is 375 g/mol. The molecule has 0 saturated carbocycles. The first-order valence-corrected chi connectivity index (χ1v) is 8.54. The van der Waals surface area contributed by atoms with Crippen molar-refractivity contribution < 1.29 is 0 Å². The van der Waals surface area contributed by atoms with Crippen molar-refractivity contribution >= 4 is 29.9 Å². The van der Waals surface area contributed by atoms with Crippen LogP contribution in [0.3, 0.4) is 0 Å². The lowest BCUT2D eigenvalue weighted by molar-refractivity contribution is 0.160. The van der Waals surface area contributed by atoms with Crippen LogP contribution >= 0.6 is 24.0 Å². The highest BCUT2D eigenvalue weighted by molar-refractivity contribution is 14.0. The van der Waals surface area contributed by atoms with Gasteiger partial charge >= 0.3 is 0 Å². The van der Waals surface area contributed by atoms with Crippen molar-refractivity contribution in [2.75, 3.05) is 32.7 Å². The average Bonchev–Trinajstić information content (AvgIpc) is 2.45. The van der Waals surface area contributed by atoms with Gasteiger partial charge in [-0.2, -0.15) is 0 Å². The average molecular weight is 410 g/mol. The van der Waals surface area contributed by atoms with Crippen molar-refractivity contribution in [2.45, 2.75) is 65.3 Å². The molecule has 1 heterocycles. The molecule has 1 aliphatic rings. The largest absolute Gasteiger partial charge is 0.357 e. The summed E-state index contributed by atoms with van der Waals surface area (Å²) in [6, 6.07) is 0.767. The van der Waals surface area contributed by atoms with Crippen LogP contribution in [0.5, 0.6) is 0 Å². The number of aliphatic imine (C=N–C) groups is 1. The number of halogens is 1. The van der Waals surface area contributed by atoms with Crippen molar-refractivity contribution in [2.24, 2.45) is 4.99 Å². The fourth-order valence-corrected chi connectivity index (χ4v) is 2.68. The Kier molecular flexibility index (Phi) is 13.6. The Morgan fingerprint density at radius 3 is 2.67 bits per heavy atom. The molecule has 0 aliphatic carbocycles. The van der Waals surface area contributed by atoms with Gasteiger partial charge < -0.3 is 15.5 Å². The lowest BCUT2D eigenvalue weighted by Crippen LogP contribution is -2.39. The molecule has 1 saturated heterocycles. The SMILES string of the molecule is CCCCNC(=NCCCN1CCCCC1C)NCC.I. The predicted molar refractivity (Wildman–Crippen MR) is 104 cm³/mol. The topological polar surface area (TPSA) is 39.7 Å². The van der Waals surface area contributed by atoms with Gasteiger partial charge in [-0.1, -0.05) is 19.8 Å². The zero-order chi connectivity index (χ0) is 14.6. The summed E-state index contributed by atoms with van der Waals surface area (Å²) in [4.78, 5) is 7.28. The minimum atomic E-state index is 0. The van der Waals surface area contributed by atoms with Crippen LogP contribution in [0.15, 0.2) is 4.99 Å². The van der Waals surface area contributed by atoms with Gasteiger partial charge in [-0.05, 0) is 46.1 Å². The predicted octanol–water partition coefficient (Wildman–Crippen LogP) is 3.22. The molecule has 0 aromatic carbocycles. The molecule has 0 aromatic rings. The summed E-state index contributed by atoms with van der Waals surface area (Å²) in [7, 11) is 0. The normalized spacial score (nSPS) is 20.0. The summed E-state index contributed by atoms with van der Waals surface area (Å²) in [6.45, 7) is 12.0. The van der Waals surface area contributed by atoms with Crippen LogP contribution in [-0.2, 0) is 0 Å². The van der Waals surface area contributed by atoms with Crippen LogP contribution in [-0.4, -0.2) is 49.6 Å². The van der Waals surface area contributed by atoms with E-state index in [2.05, 4.69) is 41.3 Å². The molecule has 0 radical (unpaired) electrons. The standard InChI is InChI=1S/C16H34N4.HI/c1-4-6-11-18-16(17-5-2)19-12-9-14-20-13-8-7-10-15(20)3;/h15H,4-14H2,1-3H3,(H2,17,18,19);1H. The van der Waals surface area contributed by atoms with Gasteiger partial charge in [-0.15, -0.1) is 24.0 Å². The lowest BCUT2D eigenvalue weighted by atomic mass is 10.0. The van der Waals surface area contributed by atoms with Crippen molar-refractivity contribution in [1.82, 2.24) is 15.5 Å². The molecule has 0 spiro atoms. The van der Waals surface area contributed by atoms with Gasteiger partial charge in [0.15, 0.2) is 5.96 Å². The van der Waals surface area contributed by atoms with E-state index in [4.69, 9.17) is 0 Å². The Morgan fingerprint density at radius 2 is 2.00 bits per heavy atom. The number of guanidine groups is 1. The van der Waals surface area contributed by atoms with E-state index in [0.717, 1.165) is 38.1 Å². The van der Waals surface area contributed by atoms with Gasteiger partial charge in [-0.25, -0.2) is 0 Å². The fourth-order valence-electron chi connectivity index (χ4n) is 2.68. The van der Waals surface area contributed by atoms with E-state index >= 15 is 0 Å². The van der Waals surface area contributed by atoms with E-state index in [9.17, 15) is 0 Å². The van der Waals surface area contributed by atoms with E-state index in [-0.39, 0.29) is 24.0 Å². The second-order valence-corrected chi connectivity index (χ2v) is 5.78. The van der Waals surface area contributed by atoms with Crippen LogP contribution in [0.4, 0.5) is 0 Å². The fraction of sp³-hybridized carbons (Fsp3) is 0.938. The van der Waals surface area contributed by atoms with Crippen molar-refractivity contribution in [3.8, 4) is 0 Å². The third kappa shape index (κ3) is 9.55. The molecule has 0 amide bonds. The van der Waals surface area contributed by atoms with E-state index in [0.29, 0.717) is 0 Å². The zero-order valence-corrected chi connectivity index (χ0v) is 16.5. The van der Waals surface area contributed by atoms with Crippen LogP contribution in [0.25, 0.3) is 0 Å². The first-order valence-electron chi connectivity index (χ1n) is 8.54. The minimum Gasteiger partial charge on any atom is -0.357 e. The number of rotatable bonds is 8. The first kappa shape index (κ1) is 21.0. The van der Waals surface area contributed by atoms with Gasteiger partial charge in [0, 0.05) is 32.2 Å². The second kappa shape index (κ2) is 13.6. The number of nitrogens with zero attached hydrogens (tertiary/aromatic N) is 2. The maximum Gasteiger partial charge on any atom is 0.191 e. The van der Waals surface area contributed by atoms with Crippen molar-refractivity contribution in [3.63, 3.8) is 0 Å². The van der Waals surface area contributed by atoms with Crippen molar-refractivity contribution in [1.29, 1.82) is 0 Å². The highest BCUT2D eigenvalue weighted by Crippen LogP contribution is 2.16. The maximum atomic E-state index is 4.66. The molecule has 5 heteroatoms. The summed E-state index contributed by atoms with van der Waals surface area (Å²) in [5, 5.41) is 6.71. The number of likely N-dealkylation sites (tertiary alicyclic amines) is 1. The van der Waals surface area contributed by atoms with Gasteiger partial charge in [0.05, 0.1) is 0 Å². The van der Waals surface area contributed by atoms with Crippen LogP contribution < -0.4 is 10.6 Å². The first-order chi connectivity index (χ1) is 9.77. The Hall–Kier alpha value is -0.0400. The van der Waals surface area contributed by atoms with Crippen LogP contribution in [0.1, 0.15) is 59.3 Å². The molecule has 1 fully saturated rings. The monoisotopic (exact) mass is 410 g/mol. The Balaban J connectivity index is 0.00000400. The highest BCUT2D eigenvalue weighted by Gasteiger charge is 2.16. The van der Waals surface area contributed by atoms with E-state index in [1.807, 2.05) is 0 Å². The summed E-state index contributed by atoms with van der Waals surface area (Å²) in [6.07, 6.45) is 7.73. The number of nitrogens with one attached hydrogen (secondary N) is 2. The number of hydrogen-bond acceptors (Lipinski definition) is 2. The third-order valence-corrected chi connectivity index (χ3v) is 3.98.